The Morgan fingerprint density at radius 1 is 1.08 bits per heavy atom. The first-order valence-electron chi connectivity index (χ1n) is 7.42. The fraction of sp³-hybridized carbons (Fsp3) is 0.235. The SMILES string of the molecule is CN(CC(=O)NCCc1ccccc1)S(=O)(=O)c1ccc(Cl)cc1. The van der Waals surface area contributed by atoms with E-state index in [2.05, 4.69) is 5.32 Å². The Balaban J connectivity index is 1.87. The average Bonchev–Trinajstić information content (AvgIpc) is 2.56. The van der Waals surface area contributed by atoms with Gasteiger partial charge in [-0.15, -0.1) is 0 Å². The number of carbonyl (C=O) groups is 1. The van der Waals surface area contributed by atoms with E-state index >= 15 is 0 Å². The average molecular weight is 367 g/mol. The molecule has 0 saturated carbocycles. The number of carbonyl (C=O) groups excluding carboxylic acids is 1. The van der Waals surface area contributed by atoms with E-state index in [1.165, 1.54) is 31.3 Å². The number of sulfonamides is 1. The molecular formula is C17H19ClN2O3S. The van der Waals surface area contributed by atoms with Gasteiger partial charge >= 0.3 is 0 Å². The monoisotopic (exact) mass is 366 g/mol. The third-order valence-electron chi connectivity index (χ3n) is 3.47. The summed E-state index contributed by atoms with van der Waals surface area (Å²) < 4.78 is 25.8. The van der Waals surface area contributed by atoms with Crippen LogP contribution in [0.3, 0.4) is 0 Å². The number of likely N-dealkylation sites (N-methyl/N-ethyl adjacent to an activating group) is 1. The zero-order valence-corrected chi connectivity index (χ0v) is 14.8. The van der Waals surface area contributed by atoms with Crippen molar-refractivity contribution in [1.29, 1.82) is 0 Å². The molecular weight excluding hydrogens is 348 g/mol. The van der Waals surface area contributed by atoms with Gasteiger partial charge < -0.3 is 5.32 Å². The Morgan fingerprint density at radius 2 is 1.71 bits per heavy atom. The Kier molecular flexibility index (Phi) is 6.36. The van der Waals surface area contributed by atoms with Crippen molar-refractivity contribution in [2.24, 2.45) is 0 Å². The molecule has 7 heteroatoms. The molecule has 5 nitrogen and oxygen atoms in total. The molecule has 0 heterocycles. The fourth-order valence-corrected chi connectivity index (χ4v) is 3.37. The second-order valence-corrected chi connectivity index (χ2v) is 7.78. The van der Waals surface area contributed by atoms with E-state index in [0.29, 0.717) is 18.0 Å². The Hall–Kier alpha value is -1.89. The van der Waals surface area contributed by atoms with Crippen LogP contribution < -0.4 is 5.32 Å². The maximum Gasteiger partial charge on any atom is 0.243 e. The molecule has 0 aliphatic heterocycles. The summed E-state index contributed by atoms with van der Waals surface area (Å²) in [6.07, 6.45) is 0.695. The predicted octanol–water partition coefficient (Wildman–Crippen LogP) is 2.32. The minimum absolute atomic E-state index is 0.103. The number of benzene rings is 2. The number of hydrogen-bond donors (Lipinski definition) is 1. The highest BCUT2D eigenvalue weighted by atomic mass is 35.5. The second-order valence-electron chi connectivity index (χ2n) is 5.30. The minimum atomic E-state index is -3.71. The number of halogens is 1. The first-order chi connectivity index (χ1) is 11.4. The quantitative estimate of drug-likeness (QED) is 0.817. The number of nitrogens with zero attached hydrogens (tertiary/aromatic N) is 1. The molecule has 2 aromatic rings. The molecule has 0 unspecified atom stereocenters. The van der Waals surface area contributed by atoms with Gasteiger partial charge in [0.25, 0.3) is 0 Å². The Bertz CT molecular complexity index is 777. The molecule has 0 radical (unpaired) electrons. The van der Waals surface area contributed by atoms with Crippen LogP contribution in [0.4, 0.5) is 0 Å². The van der Waals surface area contributed by atoms with Gasteiger partial charge in [0.2, 0.25) is 15.9 Å². The lowest BCUT2D eigenvalue weighted by Crippen LogP contribution is -2.39. The third kappa shape index (κ3) is 5.06. The summed E-state index contributed by atoms with van der Waals surface area (Å²) in [5.41, 5.74) is 1.11. The zero-order chi connectivity index (χ0) is 17.6. The normalized spacial score (nSPS) is 11.5. The molecule has 0 aliphatic rings. The summed E-state index contributed by atoms with van der Waals surface area (Å²) in [4.78, 5) is 12.0. The second kappa shape index (κ2) is 8.28. The highest BCUT2D eigenvalue weighted by Gasteiger charge is 2.22. The van der Waals surface area contributed by atoms with Gasteiger partial charge in [-0.1, -0.05) is 41.9 Å². The lowest BCUT2D eigenvalue weighted by atomic mass is 10.1. The summed E-state index contributed by atoms with van der Waals surface area (Å²) in [5.74, 6) is -0.342. The molecule has 0 fully saturated rings. The zero-order valence-electron chi connectivity index (χ0n) is 13.3. The molecule has 0 bridgehead atoms. The number of amides is 1. The topological polar surface area (TPSA) is 66.5 Å². The highest BCUT2D eigenvalue weighted by molar-refractivity contribution is 7.89. The molecule has 1 amide bonds. The van der Waals surface area contributed by atoms with E-state index in [4.69, 9.17) is 11.6 Å². The van der Waals surface area contributed by atoms with Crippen molar-refractivity contribution in [3.63, 3.8) is 0 Å². The summed E-state index contributed by atoms with van der Waals surface area (Å²) in [6, 6.07) is 15.6. The first-order valence-corrected chi connectivity index (χ1v) is 9.24. The standard InChI is InChI=1S/C17H19ClN2O3S/c1-20(24(22,23)16-9-7-15(18)8-10-16)13-17(21)19-12-11-14-5-3-2-4-6-14/h2-10H,11-13H2,1H3,(H,19,21). The summed E-state index contributed by atoms with van der Waals surface area (Å²) in [6.45, 7) is 0.220. The molecule has 1 N–H and O–H groups in total. The van der Waals surface area contributed by atoms with Crippen molar-refractivity contribution < 1.29 is 13.2 Å². The highest BCUT2D eigenvalue weighted by Crippen LogP contribution is 2.17. The van der Waals surface area contributed by atoms with Crippen LogP contribution in [0, 0.1) is 0 Å². The Morgan fingerprint density at radius 3 is 2.33 bits per heavy atom. The van der Waals surface area contributed by atoms with Gasteiger partial charge in [-0.05, 0) is 36.2 Å². The molecule has 0 saturated heterocycles. The van der Waals surface area contributed by atoms with Gasteiger partial charge in [0.05, 0.1) is 11.4 Å². The molecule has 0 spiro atoms. The smallest absolute Gasteiger partial charge is 0.243 e. The van der Waals surface area contributed by atoms with Gasteiger partial charge in [-0.3, -0.25) is 4.79 Å². The molecule has 0 atom stereocenters. The van der Waals surface area contributed by atoms with Crippen LogP contribution in [0.2, 0.25) is 5.02 Å². The third-order valence-corrected chi connectivity index (χ3v) is 5.54. The lowest BCUT2D eigenvalue weighted by Gasteiger charge is -2.17. The molecule has 24 heavy (non-hydrogen) atoms. The summed E-state index contributed by atoms with van der Waals surface area (Å²) >= 11 is 5.76. The molecule has 2 rings (SSSR count). The maximum atomic E-state index is 12.4. The number of nitrogens with one attached hydrogen (secondary N) is 1. The van der Waals surface area contributed by atoms with Gasteiger partial charge in [0.1, 0.15) is 0 Å². The number of rotatable bonds is 7. The van der Waals surface area contributed by atoms with Crippen molar-refractivity contribution >= 4 is 27.5 Å². The van der Waals surface area contributed by atoms with Crippen molar-refractivity contribution in [3.8, 4) is 0 Å². The molecule has 128 valence electrons. The van der Waals surface area contributed by atoms with Crippen LogP contribution in [0.15, 0.2) is 59.5 Å². The summed E-state index contributed by atoms with van der Waals surface area (Å²) in [5, 5.41) is 3.18. The lowest BCUT2D eigenvalue weighted by molar-refractivity contribution is -0.121. The Labute approximate surface area is 147 Å². The van der Waals surface area contributed by atoms with Crippen molar-refractivity contribution in [1.82, 2.24) is 9.62 Å². The summed E-state index contributed by atoms with van der Waals surface area (Å²) in [7, 11) is -2.34. The van der Waals surface area contributed by atoms with Crippen LogP contribution in [0.5, 0.6) is 0 Å². The van der Waals surface area contributed by atoms with E-state index in [9.17, 15) is 13.2 Å². The molecule has 0 aromatic heterocycles. The van der Waals surface area contributed by atoms with Crippen molar-refractivity contribution in [2.45, 2.75) is 11.3 Å². The van der Waals surface area contributed by atoms with E-state index in [-0.39, 0.29) is 17.3 Å². The van der Waals surface area contributed by atoms with Crippen LogP contribution in [0.25, 0.3) is 0 Å². The molecule has 2 aromatic carbocycles. The maximum absolute atomic E-state index is 12.4. The first kappa shape index (κ1) is 18.4. The fourth-order valence-electron chi connectivity index (χ4n) is 2.12. The minimum Gasteiger partial charge on any atom is -0.355 e. The van der Waals surface area contributed by atoms with Gasteiger partial charge in [0.15, 0.2) is 0 Å². The number of hydrogen-bond acceptors (Lipinski definition) is 3. The van der Waals surface area contributed by atoms with Crippen molar-refractivity contribution in [3.05, 3.63) is 65.2 Å². The largest absolute Gasteiger partial charge is 0.355 e. The van der Waals surface area contributed by atoms with E-state index in [1.54, 1.807) is 0 Å². The van der Waals surface area contributed by atoms with Crippen molar-refractivity contribution in [2.75, 3.05) is 20.1 Å². The van der Waals surface area contributed by atoms with Crippen LogP contribution >= 0.6 is 11.6 Å². The van der Waals surface area contributed by atoms with E-state index < -0.39 is 10.0 Å². The van der Waals surface area contributed by atoms with Gasteiger partial charge in [0, 0.05) is 18.6 Å². The van der Waals surface area contributed by atoms with E-state index in [0.717, 1.165) is 9.87 Å². The predicted molar refractivity (Wildman–Crippen MR) is 94.4 cm³/mol. The van der Waals surface area contributed by atoms with E-state index in [1.807, 2.05) is 30.3 Å². The van der Waals surface area contributed by atoms with Crippen LogP contribution in [-0.2, 0) is 21.2 Å². The van der Waals surface area contributed by atoms with Gasteiger partial charge in [-0.25, -0.2) is 8.42 Å². The van der Waals surface area contributed by atoms with Gasteiger partial charge in [-0.2, -0.15) is 4.31 Å². The van der Waals surface area contributed by atoms with Crippen LogP contribution in [-0.4, -0.2) is 38.8 Å². The molecule has 0 aliphatic carbocycles. The van der Waals surface area contributed by atoms with Crippen LogP contribution in [0.1, 0.15) is 5.56 Å².